The van der Waals surface area contributed by atoms with Crippen molar-refractivity contribution in [3.05, 3.63) is 70.8 Å². The lowest BCUT2D eigenvalue weighted by Gasteiger charge is -2.44. The topological polar surface area (TPSA) is 54.2 Å². The molecule has 3 N–H and O–H groups in total. The lowest BCUT2D eigenvalue weighted by molar-refractivity contribution is 0.341. The maximum atomic E-state index is 14.4. The zero-order chi connectivity index (χ0) is 22.7. The summed E-state index contributed by atoms with van der Waals surface area (Å²) < 4.78 is 28.5. The van der Waals surface area contributed by atoms with Gasteiger partial charge in [0.05, 0.1) is 11.4 Å². The van der Waals surface area contributed by atoms with E-state index in [2.05, 4.69) is 16.0 Å². The number of hydrogen-bond acceptors (Lipinski definition) is 1. The van der Waals surface area contributed by atoms with E-state index >= 15 is 0 Å². The number of H-pyrrole nitrogens is 1. The molecule has 0 saturated heterocycles. The first kappa shape index (κ1) is 20.4. The number of fused-ring (bicyclic) bond motifs is 9. The molecule has 0 aliphatic heterocycles. The highest BCUT2D eigenvalue weighted by Gasteiger charge is 2.41. The molecule has 5 heteroatoms. The van der Waals surface area contributed by atoms with Crippen molar-refractivity contribution < 1.29 is 8.78 Å². The van der Waals surface area contributed by atoms with Crippen LogP contribution in [-0.2, 0) is 6.42 Å². The van der Waals surface area contributed by atoms with Gasteiger partial charge < -0.3 is 10.7 Å². The number of nitrogens with zero attached hydrogens (tertiary/aromatic N) is 1. The van der Waals surface area contributed by atoms with Crippen molar-refractivity contribution in [2.75, 3.05) is 6.54 Å². The van der Waals surface area contributed by atoms with Crippen LogP contribution in [0.15, 0.2) is 47.5 Å². The summed E-state index contributed by atoms with van der Waals surface area (Å²) in [6.45, 7) is 2.53. The predicted octanol–water partition coefficient (Wildman–Crippen LogP) is 6.94. The van der Waals surface area contributed by atoms with Gasteiger partial charge >= 0.3 is 0 Å². The number of aryl methyl sites for hydroxylation is 1. The van der Waals surface area contributed by atoms with Crippen LogP contribution in [0.5, 0.6) is 0 Å². The fraction of sp³-hybridized carbons (Fsp3) is 0.321. The Balaban J connectivity index is 1.57. The molecule has 3 aromatic carbocycles. The molecule has 3 nitrogen and oxygen atoms in total. The Morgan fingerprint density at radius 3 is 2.55 bits per heavy atom. The second-order valence-corrected chi connectivity index (χ2v) is 9.56. The summed E-state index contributed by atoms with van der Waals surface area (Å²) >= 11 is 0. The number of amidine groups is 1. The minimum atomic E-state index is -0.247. The van der Waals surface area contributed by atoms with Crippen LogP contribution < -0.4 is 5.73 Å². The van der Waals surface area contributed by atoms with Crippen LogP contribution in [0.4, 0.5) is 8.78 Å². The SMILES string of the molecule is CC(N)=NCCCCc1c2c(cc3c1[nH]c1ccc(F)cc13)-c1cc(F)ccc1C1CCC21. The number of unbranched alkanes of at least 4 members (excludes halogenated alkanes) is 1. The molecular weight excluding hydrogens is 416 g/mol. The molecule has 2 aliphatic rings. The highest BCUT2D eigenvalue weighted by molar-refractivity contribution is 6.10. The smallest absolute Gasteiger partial charge is 0.123 e. The second-order valence-electron chi connectivity index (χ2n) is 9.56. The van der Waals surface area contributed by atoms with Gasteiger partial charge in [-0.1, -0.05) is 6.07 Å². The molecule has 2 unspecified atom stereocenters. The predicted molar refractivity (Wildman–Crippen MR) is 131 cm³/mol. The summed E-state index contributed by atoms with van der Waals surface area (Å²) in [5, 5.41) is 1.90. The molecule has 1 heterocycles. The van der Waals surface area contributed by atoms with Crippen molar-refractivity contribution in [3.63, 3.8) is 0 Å². The zero-order valence-electron chi connectivity index (χ0n) is 18.7. The molecule has 2 atom stereocenters. The normalized spacial score (nSPS) is 19.3. The van der Waals surface area contributed by atoms with E-state index in [-0.39, 0.29) is 11.6 Å². The van der Waals surface area contributed by atoms with E-state index in [1.54, 1.807) is 18.2 Å². The minimum Gasteiger partial charge on any atom is -0.388 e. The number of benzene rings is 3. The van der Waals surface area contributed by atoms with E-state index in [0.29, 0.717) is 17.7 Å². The van der Waals surface area contributed by atoms with Gasteiger partial charge in [0, 0.05) is 22.8 Å². The third-order valence-corrected chi connectivity index (χ3v) is 7.55. The van der Waals surface area contributed by atoms with Gasteiger partial charge in [-0.3, -0.25) is 4.99 Å². The Bertz CT molecular complexity index is 1430. The summed E-state index contributed by atoms with van der Waals surface area (Å²) in [5.41, 5.74) is 13.8. The van der Waals surface area contributed by atoms with Gasteiger partial charge in [-0.05, 0) is 115 Å². The van der Waals surface area contributed by atoms with Gasteiger partial charge in [-0.25, -0.2) is 8.78 Å². The van der Waals surface area contributed by atoms with E-state index in [9.17, 15) is 8.78 Å². The number of aromatic amines is 1. The number of aliphatic imine (C=N–C) groups is 1. The first-order chi connectivity index (χ1) is 16.0. The Morgan fingerprint density at radius 2 is 1.76 bits per heavy atom. The maximum absolute atomic E-state index is 14.4. The Hall–Kier alpha value is -3.21. The molecule has 0 spiro atoms. The Kier molecular flexibility index (Phi) is 4.75. The van der Waals surface area contributed by atoms with Gasteiger partial charge in [0.2, 0.25) is 0 Å². The fourth-order valence-electron chi connectivity index (χ4n) is 5.97. The van der Waals surface area contributed by atoms with Crippen molar-refractivity contribution >= 4 is 27.6 Å². The molecule has 168 valence electrons. The number of aromatic nitrogens is 1. The standard InChI is InChI=1S/C28H27F2N3/c1-15(31)32-11-3-2-4-21-27-20-9-8-18(20)19-7-5-16(29)12-22(19)24(27)14-25-23-13-17(30)6-10-26(23)33-28(21)25/h5-7,10,12-14,18,20,33H,2-4,8-9,11H2,1H3,(H2,31,32). The van der Waals surface area contributed by atoms with E-state index in [1.165, 1.54) is 22.8 Å². The van der Waals surface area contributed by atoms with Crippen molar-refractivity contribution in [1.29, 1.82) is 0 Å². The van der Waals surface area contributed by atoms with Gasteiger partial charge in [-0.15, -0.1) is 0 Å². The van der Waals surface area contributed by atoms with Crippen LogP contribution in [0.2, 0.25) is 0 Å². The van der Waals surface area contributed by atoms with E-state index in [4.69, 9.17) is 5.73 Å². The second kappa shape index (κ2) is 7.68. The van der Waals surface area contributed by atoms with Crippen LogP contribution in [-0.4, -0.2) is 17.4 Å². The third kappa shape index (κ3) is 3.25. The highest BCUT2D eigenvalue weighted by Crippen LogP contribution is 2.59. The average molecular weight is 444 g/mol. The van der Waals surface area contributed by atoms with Crippen LogP contribution in [0.1, 0.15) is 61.1 Å². The molecule has 0 bridgehead atoms. The molecule has 0 radical (unpaired) electrons. The molecule has 33 heavy (non-hydrogen) atoms. The monoisotopic (exact) mass is 443 g/mol. The molecule has 1 saturated carbocycles. The van der Waals surface area contributed by atoms with Crippen molar-refractivity contribution in [2.24, 2.45) is 10.7 Å². The van der Waals surface area contributed by atoms with E-state index < -0.39 is 0 Å². The lowest BCUT2D eigenvalue weighted by Crippen LogP contribution is -2.27. The molecular formula is C28H27F2N3. The largest absolute Gasteiger partial charge is 0.388 e. The maximum Gasteiger partial charge on any atom is 0.123 e. The molecule has 2 aliphatic carbocycles. The average Bonchev–Trinajstić information content (AvgIpc) is 3.11. The summed E-state index contributed by atoms with van der Waals surface area (Å²) in [6.07, 6.45) is 5.14. The zero-order valence-corrected chi connectivity index (χ0v) is 18.7. The first-order valence-electron chi connectivity index (χ1n) is 11.8. The van der Waals surface area contributed by atoms with Crippen molar-refractivity contribution in [3.8, 4) is 11.1 Å². The molecule has 6 rings (SSSR count). The van der Waals surface area contributed by atoms with Gasteiger partial charge in [0.25, 0.3) is 0 Å². The molecule has 4 aromatic rings. The van der Waals surface area contributed by atoms with Crippen molar-refractivity contribution in [2.45, 2.75) is 50.9 Å². The molecule has 0 amide bonds. The lowest BCUT2D eigenvalue weighted by atomic mass is 9.59. The summed E-state index contributed by atoms with van der Waals surface area (Å²) in [4.78, 5) is 7.92. The number of nitrogens with two attached hydrogens (primary N) is 1. The van der Waals surface area contributed by atoms with Crippen molar-refractivity contribution in [1.82, 2.24) is 4.98 Å². The number of nitrogens with one attached hydrogen (secondary N) is 1. The van der Waals surface area contributed by atoms with E-state index in [0.717, 1.165) is 71.6 Å². The minimum absolute atomic E-state index is 0.209. The van der Waals surface area contributed by atoms with Crippen LogP contribution in [0, 0.1) is 11.6 Å². The van der Waals surface area contributed by atoms with Gasteiger partial charge in [0.15, 0.2) is 0 Å². The Labute approximate surface area is 191 Å². The third-order valence-electron chi connectivity index (χ3n) is 7.55. The quantitative estimate of drug-likeness (QED) is 0.196. The van der Waals surface area contributed by atoms with Crippen LogP contribution in [0.25, 0.3) is 32.9 Å². The summed E-state index contributed by atoms with van der Waals surface area (Å²) in [6, 6.07) is 12.3. The highest BCUT2D eigenvalue weighted by atomic mass is 19.1. The molecule has 1 fully saturated rings. The molecule has 1 aromatic heterocycles. The Morgan fingerprint density at radius 1 is 0.970 bits per heavy atom. The number of rotatable bonds is 5. The summed E-state index contributed by atoms with van der Waals surface area (Å²) in [7, 11) is 0. The first-order valence-corrected chi connectivity index (χ1v) is 11.8. The van der Waals surface area contributed by atoms with Gasteiger partial charge in [-0.2, -0.15) is 0 Å². The number of hydrogen-bond donors (Lipinski definition) is 2. The van der Waals surface area contributed by atoms with Crippen LogP contribution >= 0.6 is 0 Å². The van der Waals surface area contributed by atoms with E-state index in [1.807, 2.05) is 19.1 Å². The number of halogens is 2. The van der Waals surface area contributed by atoms with Gasteiger partial charge in [0.1, 0.15) is 11.6 Å². The summed E-state index contributed by atoms with van der Waals surface area (Å²) in [5.74, 6) is 1.07. The fourth-order valence-corrected chi connectivity index (χ4v) is 5.97. The van der Waals surface area contributed by atoms with Crippen LogP contribution in [0.3, 0.4) is 0 Å².